The first-order valence-electron chi connectivity index (χ1n) is 6.43. The molecule has 0 aliphatic heterocycles. The van der Waals surface area contributed by atoms with Crippen LogP contribution in [-0.4, -0.2) is 28.9 Å². The topological polar surface area (TPSA) is 95.9 Å². The zero-order valence-corrected chi connectivity index (χ0v) is 13.6. The van der Waals surface area contributed by atoms with Crippen LogP contribution in [0.2, 0.25) is 0 Å². The van der Waals surface area contributed by atoms with E-state index in [1.54, 1.807) is 6.92 Å². The van der Waals surface area contributed by atoms with Crippen LogP contribution in [0.4, 0.5) is 5.69 Å². The Bertz CT molecular complexity index is 660. The van der Waals surface area contributed by atoms with Gasteiger partial charge < -0.3 is 19.8 Å². The van der Waals surface area contributed by atoms with Crippen molar-refractivity contribution in [3.63, 3.8) is 0 Å². The predicted molar refractivity (Wildman–Crippen MR) is 87.0 cm³/mol. The van der Waals surface area contributed by atoms with Crippen molar-refractivity contribution >= 4 is 40.6 Å². The van der Waals surface area contributed by atoms with Gasteiger partial charge in [0.05, 0.1) is 6.61 Å². The van der Waals surface area contributed by atoms with Crippen LogP contribution in [-0.2, 0) is 14.1 Å². The highest BCUT2D eigenvalue weighted by molar-refractivity contribution is 7.79. The Hall–Kier alpha value is -1.59. The van der Waals surface area contributed by atoms with Crippen LogP contribution in [0.3, 0.4) is 0 Å². The van der Waals surface area contributed by atoms with E-state index < -0.39 is 6.95 Å². The van der Waals surface area contributed by atoms with Gasteiger partial charge in [-0.2, -0.15) is 0 Å². The molecule has 6 nitrogen and oxygen atoms in total. The van der Waals surface area contributed by atoms with Crippen molar-refractivity contribution in [1.29, 1.82) is 0 Å². The Balaban J connectivity index is 0.000000422. The first-order chi connectivity index (χ1) is 10.3. The van der Waals surface area contributed by atoms with Crippen LogP contribution in [0.5, 0.6) is 0 Å². The van der Waals surface area contributed by atoms with Crippen LogP contribution in [0.25, 0.3) is 10.8 Å². The molecule has 0 aliphatic carbocycles. The molecular weight excluding hydrogens is 329 g/mol. The van der Waals surface area contributed by atoms with Gasteiger partial charge >= 0.3 is 12.9 Å². The largest absolute Gasteiger partial charge is 0.465 e. The third kappa shape index (κ3) is 7.43. The fourth-order valence-corrected chi connectivity index (χ4v) is 1.76. The van der Waals surface area contributed by atoms with Gasteiger partial charge in [0, 0.05) is 22.3 Å². The van der Waals surface area contributed by atoms with Crippen molar-refractivity contribution in [2.75, 3.05) is 18.5 Å². The summed E-state index contributed by atoms with van der Waals surface area (Å²) < 4.78 is 14.0. The molecule has 22 heavy (non-hydrogen) atoms. The van der Waals surface area contributed by atoms with Gasteiger partial charge in [-0.1, -0.05) is 36.4 Å². The van der Waals surface area contributed by atoms with Gasteiger partial charge in [-0.3, -0.25) is 4.79 Å². The lowest BCUT2D eigenvalue weighted by atomic mass is 10.1. The highest BCUT2D eigenvalue weighted by atomic mass is 35.7. The van der Waals surface area contributed by atoms with E-state index in [2.05, 4.69) is 16.6 Å². The highest BCUT2D eigenvalue weighted by Crippen LogP contribution is 2.39. The minimum absolute atomic E-state index is 0.196. The van der Waals surface area contributed by atoms with Crippen LogP contribution >= 0.6 is 18.2 Å². The van der Waals surface area contributed by atoms with Gasteiger partial charge in [0.25, 0.3) is 0 Å². The molecule has 0 unspecified atom stereocenters. The van der Waals surface area contributed by atoms with Gasteiger partial charge in [0.15, 0.2) is 0 Å². The molecule has 0 aliphatic rings. The highest BCUT2D eigenvalue weighted by Gasteiger charge is 2.03. The van der Waals surface area contributed by atoms with Crippen LogP contribution in [0.1, 0.15) is 6.92 Å². The van der Waals surface area contributed by atoms with Crippen molar-refractivity contribution in [2.45, 2.75) is 6.92 Å². The zero-order valence-electron chi connectivity index (χ0n) is 11.9. The van der Waals surface area contributed by atoms with E-state index in [4.69, 9.17) is 19.1 Å². The van der Waals surface area contributed by atoms with E-state index in [1.807, 2.05) is 42.5 Å². The molecule has 0 saturated heterocycles. The molecule has 3 N–H and O–H groups in total. The number of carbonyl (C=O) groups is 1. The summed E-state index contributed by atoms with van der Waals surface area (Å²) in [4.78, 5) is 26.1. The van der Waals surface area contributed by atoms with Gasteiger partial charge in [-0.05, 0) is 18.4 Å². The number of rotatable bonds is 4. The SMILES string of the molecule is CCOC(=O)CNc1cccc2ccccc12.O=P(O)(O)Cl. The fourth-order valence-electron chi connectivity index (χ4n) is 1.76. The second kappa shape index (κ2) is 8.76. The molecule has 0 spiro atoms. The van der Waals surface area contributed by atoms with Gasteiger partial charge in [-0.25, -0.2) is 4.57 Å². The van der Waals surface area contributed by atoms with E-state index in [-0.39, 0.29) is 12.5 Å². The standard InChI is InChI=1S/C14H15NO2.ClH2O3P/c1-2-17-14(16)10-15-13-9-5-7-11-6-3-4-8-12(11)13;1-5(2,3)4/h3-9,15H,2,10H2,1H3;(H2,2,3,4). The molecular formula is C14H17ClNO5P. The second-order valence-corrected chi connectivity index (χ2v) is 6.43. The van der Waals surface area contributed by atoms with Crippen molar-refractivity contribution in [2.24, 2.45) is 0 Å². The number of ether oxygens (including phenoxy) is 1. The smallest absolute Gasteiger partial charge is 0.419 e. The van der Waals surface area contributed by atoms with E-state index >= 15 is 0 Å². The molecule has 0 heterocycles. The number of hydrogen-bond donors (Lipinski definition) is 3. The Kier molecular flexibility index (Phi) is 7.35. The molecule has 0 amide bonds. The molecule has 120 valence electrons. The van der Waals surface area contributed by atoms with E-state index in [9.17, 15) is 4.79 Å². The molecule has 8 heteroatoms. The molecule has 0 saturated carbocycles. The molecule has 0 bridgehead atoms. The number of halogens is 1. The maximum atomic E-state index is 11.3. The van der Waals surface area contributed by atoms with E-state index in [1.165, 1.54) is 0 Å². The van der Waals surface area contributed by atoms with E-state index in [0.717, 1.165) is 16.5 Å². The van der Waals surface area contributed by atoms with Gasteiger partial charge in [-0.15, -0.1) is 0 Å². The van der Waals surface area contributed by atoms with Crippen LogP contribution in [0.15, 0.2) is 42.5 Å². The summed E-state index contributed by atoms with van der Waals surface area (Å²) in [6.45, 7) is -1.76. The number of anilines is 1. The molecule has 0 fully saturated rings. The summed E-state index contributed by atoms with van der Waals surface area (Å²) in [6, 6.07) is 14.0. The third-order valence-corrected chi connectivity index (χ3v) is 2.52. The van der Waals surface area contributed by atoms with E-state index in [0.29, 0.717) is 6.61 Å². The first kappa shape index (κ1) is 18.5. The summed E-state index contributed by atoms with van der Waals surface area (Å²) in [5, 5.41) is 5.36. The molecule has 2 aromatic carbocycles. The lowest BCUT2D eigenvalue weighted by Gasteiger charge is -2.09. The maximum absolute atomic E-state index is 11.3. The van der Waals surface area contributed by atoms with Crippen molar-refractivity contribution < 1.29 is 23.9 Å². The van der Waals surface area contributed by atoms with Gasteiger partial charge in [0.1, 0.15) is 6.54 Å². The fraction of sp³-hybridized carbons (Fsp3) is 0.214. The summed E-state index contributed by atoms with van der Waals surface area (Å²) in [5.74, 6) is -0.236. The van der Waals surface area contributed by atoms with Crippen LogP contribution in [0, 0.1) is 0 Å². The number of nitrogens with one attached hydrogen (secondary N) is 1. The summed E-state index contributed by atoms with van der Waals surface area (Å²) >= 11 is 4.20. The lowest BCUT2D eigenvalue weighted by molar-refractivity contribution is -0.140. The Morgan fingerprint density at radius 1 is 1.23 bits per heavy atom. The number of fused-ring (bicyclic) bond motifs is 1. The number of hydrogen-bond acceptors (Lipinski definition) is 4. The first-order valence-corrected chi connectivity index (χ1v) is 8.95. The Labute approximate surface area is 133 Å². The predicted octanol–water partition coefficient (Wildman–Crippen LogP) is 3.13. The minimum Gasteiger partial charge on any atom is -0.465 e. The average molecular weight is 346 g/mol. The number of carbonyl (C=O) groups excluding carboxylic acids is 1. The van der Waals surface area contributed by atoms with Crippen molar-refractivity contribution in [3.8, 4) is 0 Å². The summed E-state index contributed by atoms with van der Waals surface area (Å²) in [6.07, 6.45) is 0. The molecule has 2 aromatic rings. The van der Waals surface area contributed by atoms with Gasteiger partial charge in [0.2, 0.25) is 0 Å². The average Bonchev–Trinajstić information content (AvgIpc) is 2.43. The molecule has 2 rings (SSSR count). The monoisotopic (exact) mass is 345 g/mol. The Morgan fingerprint density at radius 2 is 1.82 bits per heavy atom. The summed E-state index contributed by atoms with van der Waals surface area (Å²) in [7, 11) is 0. The summed E-state index contributed by atoms with van der Waals surface area (Å²) in [5.41, 5.74) is 0.955. The lowest BCUT2D eigenvalue weighted by Crippen LogP contribution is -2.16. The second-order valence-electron chi connectivity index (χ2n) is 4.16. The quantitative estimate of drug-likeness (QED) is 0.582. The third-order valence-electron chi connectivity index (χ3n) is 2.52. The molecule has 0 radical (unpaired) electrons. The molecule has 0 aromatic heterocycles. The number of benzene rings is 2. The van der Waals surface area contributed by atoms with Crippen molar-refractivity contribution in [3.05, 3.63) is 42.5 Å². The van der Waals surface area contributed by atoms with Crippen molar-refractivity contribution in [1.82, 2.24) is 0 Å². The van der Waals surface area contributed by atoms with Crippen LogP contribution < -0.4 is 5.32 Å². The zero-order chi connectivity index (χ0) is 16.6. The molecule has 0 atom stereocenters. The number of esters is 1. The maximum Gasteiger partial charge on any atom is 0.419 e. The Morgan fingerprint density at radius 3 is 2.45 bits per heavy atom. The normalized spacial score (nSPS) is 10.5. The minimum atomic E-state index is -4.17.